The van der Waals surface area contributed by atoms with Gasteiger partial charge in [-0.05, 0) is 80.9 Å². The van der Waals surface area contributed by atoms with Crippen LogP contribution in [0.25, 0.3) is 0 Å². The van der Waals surface area contributed by atoms with Gasteiger partial charge in [0.1, 0.15) is 5.82 Å². The first-order valence-corrected chi connectivity index (χ1v) is 13.0. The monoisotopic (exact) mass is 528 g/mol. The van der Waals surface area contributed by atoms with E-state index in [1.54, 1.807) is 0 Å². The van der Waals surface area contributed by atoms with E-state index in [4.69, 9.17) is 4.98 Å². The van der Waals surface area contributed by atoms with E-state index >= 15 is 0 Å². The first kappa shape index (κ1) is 24.7. The number of hydrogen-bond donors (Lipinski definition) is 3. The normalized spacial score (nSPS) is 19.0. The zero-order chi connectivity index (χ0) is 23.9. The largest absolute Gasteiger partial charge is 0.481 e. The number of nitrogens with one attached hydrogen (secondary N) is 2. The van der Waals surface area contributed by atoms with Crippen molar-refractivity contribution in [3.63, 3.8) is 0 Å². The highest BCUT2D eigenvalue weighted by Crippen LogP contribution is 2.24. The maximum absolute atomic E-state index is 13.1. The molecule has 182 valence electrons. The molecule has 2 aliphatic heterocycles. The highest BCUT2D eigenvalue weighted by atomic mass is 79.9. The zero-order valence-corrected chi connectivity index (χ0v) is 21.0. The van der Waals surface area contributed by atoms with Gasteiger partial charge in [-0.15, -0.1) is 0 Å². The van der Waals surface area contributed by atoms with Crippen LogP contribution in [0, 0.1) is 5.92 Å². The highest BCUT2D eigenvalue weighted by Gasteiger charge is 2.28. The van der Waals surface area contributed by atoms with Gasteiger partial charge in [0, 0.05) is 23.3 Å². The molecule has 34 heavy (non-hydrogen) atoms. The Balaban J connectivity index is 1.29. The Bertz CT molecular complexity index is 1020. The second kappa shape index (κ2) is 11.8. The van der Waals surface area contributed by atoms with Gasteiger partial charge in [0.2, 0.25) is 5.91 Å². The number of carboxylic acids is 1. The molecule has 2 aliphatic rings. The van der Waals surface area contributed by atoms with Crippen molar-refractivity contribution in [2.45, 2.75) is 51.0 Å². The molecule has 1 saturated heterocycles. The van der Waals surface area contributed by atoms with Gasteiger partial charge in [0.25, 0.3) is 0 Å². The van der Waals surface area contributed by atoms with Crippen molar-refractivity contribution < 1.29 is 14.7 Å². The summed E-state index contributed by atoms with van der Waals surface area (Å²) in [6, 6.07) is 11.3. The molecule has 2 aromatic rings. The second-order valence-corrected chi connectivity index (χ2v) is 10.2. The number of amides is 1. The number of carbonyl (C=O) groups excluding carboxylic acids is 1. The molecule has 1 amide bonds. The summed E-state index contributed by atoms with van der Waals surface area (Å²) in [4.78, 5) is 31.6. The Kier molecular flexibility index (Phi) is 8.56. The van der Waals surface area contributed by atoms with Crippen LogP contribution in [-0.4, -0.2) is 53.0 Å². The lowest BCUT2D eigenvalue weighted by Gasteiger charge is -2.33. The lowest BCUT2D eigenvalue weighted by molar-refractivity contribution is -0.138. The lowest BCUT2D eigenvalue weighted by atomic mass is 9.95. The van der Waals surface area contributed by atoms with Crippen molar-refractivity contribution in [1.82, 2.24) is 15.2 Å². The zero-order valence-electron chi connectivity index (χ0n) is 19.4. The van der Waals surface area contributed by atoms with Gasteiger partial charge in [0.15, 0.2) is 0 Å². The van der Waals surface area contributed by atoms with Crippen molar-refractivity contribution >= 4 is 33.6 Å². The van der Waals surface area contributed by atoms with E-state index in [1.807, 2.05) is 24.3 Å². The molecule has 0 spiro atoms. The van der Waals surface area contributed by atoms with E-state index in [0.29, 0.717) is 6.54 Å². The number of carbonyl (C=O) groups is 2. The van der Waals surface area contributed by atoms with Crippen LogP contribution in [0.4, 0.5) is 5.82 Å². The number of pyridine rings is 1. The number of benzene rings is 1. The Hall–Kier alpha value is -2.45. The molecule has 1 aromatic heterocycles. The van der Waals surface area contributed by atoms with E-state index in [1.165, 1.54) is 5.56 Å². The maximum atomic E-state index is 13.1. The minimum atomic E-state index is -0.929. The smallest absolute Gasteiger partial charge is 0.305 e. The molecule has 7 nitrogen and oxygen atoms in total. The number of anilines is 1. The number of aromatic nitrogens is 1. The Morgan fingerprint density at radius 3 is 2.97 bits per heavy atom. The lowest BCUT2D eigenvalue weighted by Crippen LogP contribution is -2.44. The number of hydrogen-bond acceptors (Lipinski definition) is 5. The van der Waals surface area contributed by atoms with E-state index in [2.05, 4.69) is 43.6 Å². The number of aliphatic carboxylic acids is 1. The van der Waals surface area contributed by atoms with E-state index < -0.39 is 12.0 Å². The van der Waals surface area contributed by atoms with Crippen LogP contribution in [0.5, 0.6) is 0 Å². The van der Waals surface area contributed by atoms with Crippen molar-refractivity contribution in [3.8, 4) is 0 Å². The number of nitrogens with zero attached hydrogens (tertiary/aromatic N) is 2. The minimum absolute atomic E-state index is 0.0571. The van der Waals surface area contributed by atoms with Gasteiger partial charge in [-0.2, -0.15) is 0 Å². The average molecular weight is 529 g/mol. The molecule has 2 atom stereocenters. The first-order chi connectivity index (χ1) is 16.5. The molecule has 8 heteroatoms. The molecular weight excluding hydrogens is 496 g/mol. The van der Waals surface area contributed by atoms with Crippen molar-refractivity contribution in [2.75, 3.05) is 31.5 Å². The first-order valence-electron chi connectivity index (χ1n) is 12.2. The van der Waals surface area contributed by atoms with Gasteiger partial charge in [-0.25, -0.2) is 4.98 Å². The SMILES string of the molecule is O=C(O)CC(NC(=O)[C@@H]1CCCN(CCCc2ccc3c(n2)NCCC3)C1)c1cccc(Br)c1. The molecule has 0 aliphatic carbocycles. The van der Waals surface area contributed by atoms with Gasteiger partial charge in [-0.3, -0.25) is 9.59 Å². The van der Waals surface area contributed by atoms with E-state index in [-0.39, 0.29) is 18.2 Å². The molecule has 0 radical (unpaired) electrons. The van der Waals surface area contributed by atoms with Gasteiger partial charge in [0.05, 0.1) is 18.4 Å². The molecule has 4 rings (SSSR count). The molecule has 3 N–H and O–H groups in total. The third-order valence-corrected chi connectivity index (χ3v) is 7.17. The molecule has 1 aromatic carbocycles. The summed E-state index contributed by atoms with van der Waals surface area (Å²) < 4.78 is 0.864. The van der Waals surface area contributed by atoms with Crippen LogP contribution in [0.3, 0.4) is 0 Å². The van der Waals surface area contributed by atoms with Crippen LogP contribution in [-0.2, 0) is 22.4 Å². The third-order valence-electron chi connectivity index (χ3n) is 6.68. The van der Waals surface area contributed by atoms with Crippen LogP contribution >= 0.6 is 15.9 Å². The Morgan fingerprint density at radius 1 is 1.26 bits per heavy atom. The summed E-state index contributed by atoms with van der Waals surface area (Å²) in [5, 5.41) is 15.8. The van der Waals surface area contributed by atoms with Crippen molar-refractivity contribution in [3.05, 3.63) is 57.7 Å². The van der Waals surface area contributed by atoms with Crippen LogP contribution < -0.4 is 10.6 Å². The predicted octanol–water partition coefficient (Wildman–Crippen LogP) is 4.18. The topological polar surface area (TPSA) is 94.6 Å². The Morgan fingerprint density at radius 2 is 2.15 bits per heavy atom. The summed E-state index contributed by atoms with van der Waals surface area (Å²) in [6.45, 7) is 3.63. The standard InChI is InChI=1S/C26H33BrN4O3/c27-21-8-1-5-19(15-21)23(16-24(32)33)30-26(34)20-7-3-13-31(17-20)14-4-9-22-11-10-18-6-2-12-28-25(18)29-22/h1,5,8,10-11,15,20,23H,2-4,6-7,9,12-14,16-17H2,(H,28,29)(H,30,34)(H,32,33)/t20-,23?/m1/s1. The molecular formula is C26H33BrN4O3. The molecule has 1 unspecified atom stereocenters. The minimum Gasteiger partial charge on any atom is -0.481 e. The number of likely N-dealkylation sites (tertiary alicyclic amines) is 1. The van der Waals surface area contributed by atoms with Crippen molar-refractivity contribution in [2.24, 2.45) is 5.92 Å². The fourth-order valence-electron chi connectivity index (χ4n) is 4.90. The maximum Gasteiger partial charge on any atom is 0.305 e. The number of aryl methyl sites for hydroxylation is 2. The van der Waals surface area contributed by atoms with Gasteiger partial charge >= 0.3 is 5.97 Å². The molecule has 3 heterocycles. The molecule has 1 fully saturated rings. The van der Waals surface area contributed by atoms with E-state index in [0.717, 1.165) is 79.7 Å². The highest BCUT2D eigenvalue weighted by molar-refractivity contribution is 9.10. The van der Waals surface area contributed by atoms with E-state index in [9.17, 15) is 14.7 Å². The number of halogens is 1. The quantitative estimate of drug-likeness (QED) is 0.451. The van der Waals surface area contributed by atoms with Gasteiger partial charge in [-0.1, -0.05) is 34.1 Å². The third kappa shape index (κ3) is 6.79. The van der Waals surface area contributed by atoms with Gasteiger partial charge < -0.3 is 20.6 Å². The van der Waals surface area contributed by atoms with Crippen LogP contribution in [0.15, 0.2) is 40.9 Å². The Labute approximate surface area is 209 Å². The van der Waals surface area contributed by atoms with Crippen molar-refractivity contribution in [1.29, 1.82) is 0 Å². The molecule has 0 saturated carbocycles. The summed E-state index contributed by atoms with van der Waals surface area (Å²) in [5.74, 6) is -0.0667. The second-order valence-electron chi connectivity index (χ2n) is 9.30. The van der Waals surface area contributed by atoms with Crippen LogP contribution in [0.1, 0.15) is 55.0 Å². The summed E-state index contributed by atoms with van der Waals surface area (Å²) >= 11 is 3.43. The summed E-state index contributed by atoms with van der Waals surface area (Å²) in [7, 11) is 0. The number of rotatable bonds is 9. The summed E-state index contributed by atoms with van der Waals surface area (Å²) in [6.07, 6.45) is 5.85. The molecule has 0 bridgehead atoms. The number of carboxylic acid groups (broad SMARTS) is 1. The fraction of sp³-hybridized carbons (Fsp3) is 0.500. The number of piperidine rings is 1. The van der Waals surface area contributed by atoms with Crippen LogP contribution in [0.2, 0.25) is 0 Å². The number of fused-ring (bicyclic) bond motifs is 1. The fourth-order valence-corrected chi connectivity index (χ4v) is 5.32. The predicted molar refractivity (Wildman–Crippen MR) is 136 cm³/mol. The average Bonchev–Trinajstić information content (AvgIpc) is 2.83. The summed E-state index contributed by atoms with van der Waals surface area (Å²) in [5.41, 5.74) is 3.22.